The minimum Gasteiger partial charge on any atom is -0.474 e. The van der Waals surface area contributed by atoms with Crippen molar-refractivity contribution < 1.29 is 27.9 Å². The Morgan fingerprint density at radius 2 is 1.37 bits per heavy atom. The molecule has 0 bridgehead atoms. The summed E-state index contributed by atoms with van der Waals surface area (Å²) in [6, 6.07) is 11.5. The first-order chi connectivity index (χ1) is 16.2. The van der Waals surface area contributed by atoms with Crippen molar-refractivity contribution in [2.75, 3.05) is 0 Å². The van der Waals surface area contributed by atoms with Crippen molar-refractivity contribution in [3.05, 3.63) is 70.8 Å². The van der Waals surface area contributed by atoms with Crippen molar-refractivity contribution in [3.8, 4) is 11.8 Å². The predicted octanol–water partition coefficient (Wildman–Crippen LogP) is 6.04. The third-order valence-electron chi connectivity index (χ3n) is 5.34. The molecule has 35 heavy (non-hydrogen) atoms. The number of carbonyl (C=O) groups is 2. The number of carboxylic acid groups (broad SMARTS) is 1. The topological polar surface area (TPSA) is 57.6 Å². The van der Waals surface area contributed by atoms with E-state index in [-0.39, 0.29) is 42.6 Å². The first-order valence-electron chi connectivity index (χ1n) is 11.5. The van der Waals surface area contributed by atoms with Crippen LogP contribution in [0.1, 0.15) is 74.1 Å². The average molecular weight is 497 g/mol. The molecular weight excluding hydrogens is 466 g/mol. The number of nitrogens with zero attached hydrogens (tertiary/aromatic N) is 1. The predicted molar refractivity (Wildman–Crippen MR) is 130 cm³/mol. The summed E-state index contributed by atoms with van der Waals surface area (Å²) in [7, 11) is 0. The Kier molecular flexibility index (Phi) is 13.8. The van der Waals surface area contributed by atoms with Gasteiger partial charge in [-0.25, -0.2) is 4.79 Å². The summed E-state index contributed by atoms with van der Waals surface area (Å²) in [5.41, 5.74) is 1.12. The maximum atomic E-state index is 12.8. The number of alkyl halides is 3. The van der Waals surface area contributed by atoms with Gasteiger partial charge in [-0.1, -0.05) is 75.1 Å². The molecule has 0 heterocycles. The van der Waals surface area contributed by atoms with Crippen molar-refractivity contribution in [2.24, 2.45) is 0 Å². The van der Waals surface area contributed by atoms with Crippen LogP contribution in [0.2, 0.25) is 0 Å². The second-order valence-electron chi connectivity index (χ2n) is 8.18. The van der Waals surface area contributed by atoms with Crippen molar-refractivity contribution in [1.29, 1.82) is 0 Å². The smallest absolute Gasteiger partial charge is 0.416 e. The molecule has 8 heteroatoms. The van der Waals surface area contributed by atoms with Crippen molar-refractivity contribution in [3.63, 3.8) is 0 Å². The Hall–Kier alpha value is -2.27. The van der Waals surface area contributed by atoms with Crippen LogP contribution in [0.5, 0.6) is 0 Å². The van der Waals surface area contributed by atoms with E-state index in [0.29, 0.717) is 11.1 Å². The number of aliphatic carboxylic acids is 1. The zero-order valence-electron chi connectivity index (χ0n) is 20.3. The Morgan fingerprint density at radius 1 is 0.857 bits per heavy atom. The van der Waals surface area contributed by atoms with Gasteiger partial charge >= 0.3 is 18.1 Å². The molecule has 0 saturated heterocycles. The Morgan fingerprint density at radius 3 is 1.89 bits per heavy atom. The molecule has 2 aromatic carbocycles. The van der Waals surface area contributed by atoms with E-state index < -0.39 is 23.6 Å². The number of carbonyl (C=O) groups excluding carboxylic acids is 1. The molecule has 1 radical (unpaired) electrons. The van der Waals surface area contributed by atoms with Crippen LogP contribution in [0.3, 0.4) is 0 Å². The van der Waals surface area contributed by atoms with E-state index in [0.717, 1.165) is 35.4 Å². The Balaban J connectivity index is 0.00000612. The second-order valence-corrected chi connectivity index (χ2v) is 8.18. The minimum atomic E-state index is -4.46. The molecule has 0 spiro atoms. The fourth-order valence-corrected chi connectivity index (χ4v) is 3.43. The number of hydrogen-bond donors (Lipinski definition) is 1. The molecule has 1 N–H and O–H groups in total. The summed E-state index contributed by atoms with van der Waals surface area (Å²) in [6.45, 7) is 2.08. The monoisotopic (exact) mass is 496 g/mol. The third kappa shape index (κ3) is 11.3. The molecule has 2 aromatic rings. The summed E-state index contributed by atoms with van der Waals surface area (Å²) in [4.78, 5) is 24.5. The van der Waals surface area contributed by atoms with Crippen LogP contribution in [0, 0.1) is 11.8 Å². The fourth-order valence-electron chi connectivity index (χ4n) is 3.43. The van der Waals surface area contributed by atoms with Crippen LogP contribution in [0.15, 0.2) is 48.5 Å². The van der Waals surface area contributed by atoms with Crippen LogP contribution >= 0.6 is 0 Å². The summed E-state index contributed by atoms with van der Waals surface area (Å²) in [6.07, 6.45) is 3.64. The Bertz CT molecular complexity index is 994. The van der Waals surface area contributed by atoms with Gasteiger partial charge in [0.05, 0.1) is 5.56 Å². The van der Waals surface area contributed by atoms with Gasteiger partial charge in [0.15, 0.2) is 0 Å². The van der Waals surface area contributed by atoms with Gasteiger partial charge in [-0.05, 0) is 41.8 Å². The maximum Gasteiger partial charge on any atom is 0.416 e. The van der Waals surface area contributed by atoms with Gasteiger partial charge in [-0.15, -0.1) is 0 Å². The number of amides is 1. The molecule has 0 aliphatic rings. The SMILES string of the molecule is CCCCCCCCC#Cc1ccc(CN(Cc2ccc(C(F)(F)F)cc2)C(=O)C(=O)O)cc1.[Na]. The van der Waals surface area contributed by atoms with Gasteiger partial charge in [-0.2, -0.15) is 13.2 Å². The van der Waals surface area contributed by atoms with Crippen LogP contribution in [-0.4, -0.2) is 51.4 Å². The van der Waals surface area contributed by atoms with E-state index in [1.165, 1.54) is 44.2 Å². The van der Waals surface area contributed by atoms with Gasteiger partial charge in [0.2, 0.25) is 0 Å². The molecule has 2 rings (SSSR count). The molecule has 1 amide bonds. The van der Waals surface area contributed by atoms with Gasteiger partial charge in [0.25, 0.3) is 0 Å². The summed E-state index contributed by atoms with van der Waals surface area (Å²) >= 11 is 0. The van der Waals surface area contributed by atoms with Crippen molar-refractivity contribution in [2.45, 2.75) is 71.1 Å². The first-order valence-corrected chi connectivity index (χ1v) is 11.5. The molecule has 0 aliphatic heterocycles. The molecular formula is C27H30F3NNaO3. The van der Waals surface area contributed by atoms with Gasteiger partial charge < -0.3 is 10.0 Å². The molecule has 0 atom stereocenters. The molecule has 183 valence electrons. The number of halogens is 3. The summed E-state index contributed by atoms with van der Waals surface area (Å²) in [5.74, 6) is 3.53. The largest absolute Gasteiger partial charge is 0.474 e. The van der Waals surface area contributed by atoms with Crippen molar-refractivity contribution >= 4 is 41.4 Å². The van der Waals surface area contributed by atoms with Crippen LogP contribution in [0.25, 0.3) is 0 Å². The van der Waals surface area contributed by atoms with Gasteiger partial charge in [0, 0.05) is 54.6 Å². The van der Waals surface area contributed by atoms with Gasteiger partial charge in [-0.3, -0.25) is 4.79 Å². The third-order valence-corrected chi connectivity index (χ3v) is 5.34. The normalized spacial score (nSPS) is 10.6. The van der Waals surface area contributed by atoms with E-state index in [1.54, 1.807) is 12.1 Å². The Labute approximate surface area is 227 Å². The van der Waals surface area contributed by atoms with E-state index in [4.69, 9.17) is 5.11 Å². The first kappa shape index (κ1) is 30.8. The van der Waals surface area contributed by atoms with Crippen LogP contribution in [-0.2, 0) is 28.9 Å². The molecule has 0 fully saturated rings. The molecule has 0 aromatic heterocycles. The quantitative estimate of drug-likeness (QED) is 0.189. The van der Waals surface area contributed by atoms with E-state index in [1.807, 2.05) is 12.1 Å². The van der Waals surface area contributed by atoms with Crippen LogP contribution in [0.4, 0.5) is 13.2 Å². The minimum absolute atomic E-state index is 0. The van der Waals surface area contributed by atoms with Crippen molar-refractivity contribution in [1.82, 2.24) is 4.90 Å². The summed E-state index contributed by atoms with van der Waals surface area (Å²) < 4.78 is 38.3. The zero-order chi connectivity index (χ0) is 25.0. The number of carboxylic acids is 1. The van der Waals surface area contributed by atoms with E-state index in [2.05, 4.69) is 18.8 Å². The number of hydrogen-bond acceptors (Lipinski definition) is 2. The van der Waals surface area contributed by atoms with Gasteiger partial charge in [0.1, 0.15) is 0 Å². The maximum absolute atomic E-state index is 12.8. The zero-order valence-corrected chi connectivity index (χ0v) is 22.3. The average Bonchev–Trinajstić information content (AvgIpc) is 2.80. The number of unbranched alkanes of at least 4 members (excludes halogenated alkanes) is 6. The standard InChI is InChI=1S/C27H30F3NO3.Na/c1-2-3-4-5-6-7-8-9-10-21-11-13-22(14-12-21)19-31(25(32)26(33)34)20-23-15-17-24(18-16-23)27(28,29)30;/h11-18H,2-8,19-20H2,1H3,(H,33,34);. The fraction of sp³-hybridized carbons (Fsp3) is 0.407. The van der Waals surface area contributed by atoms with E-state index >= 15 is 0 Å². The van der Waals surface area contributed by atoms with Crippen LogP contribution < -0.4 is 0 Å². The number of benzene rings is 2. The molecule has 0 saturated carbocycles. The second kappa shape index (κ2) is 15.7. The molecule has 0 unspecified atom stereocenters. The number of rotatable bonds is 10. The molecule has 0 aliphatic carbocycles. The van der Waals surface area contributed by atoms with E-state index in [9.17, 15) is 22.8 Å². The molecule has 4 nitrogen and oxygen atoms in total. The summed E-state index contributed by atoms with van der Waals surface area (Å²) in [5, 5.41) is 9.15.